The molecular weight excluding hydrogens is 238 g/mol. The van der Waals surface area contributed by atoms with Gasteiger partial charge in [-0.3, -0.25) is 4.79 Å². The highest BCUT2D eigenvalue weighted by Gasteiger charge is 2.13. The SMILES string of the molecule is CNC(=O)CCNCc1ccc2c(c1)CCCN2C. The summed E-state index contributed by atoms with van der Waals surface area (Å²) >= 11 is 0. The Bertz CT molecular complexity index is 445. The summed E-state index contributed by atoms with van der Waals surface area (Å²) in [5.74, 6) is 0.0829. The van der Waals surface area contributed by atoms with Crippen molar-refractivity contribution in [2.45, 2.75) is 25.8 Å². The summed E-state index contributed by atoms with van der Waals surface area (Å²) < 4.78 is 0. The minimum absolute atomic E-state index is 0.0829. The van der Waals surface area contributed by atoms with Crippen LogP contribution in [0.15, 0.2) is 18.2 Å². The highest BCUT2D eigenvalue weighted by Crippen LogP contribution is 2.26. The molecule has 0 aromatic heterocycles. The van der Waals surface area contributed by atoms with Gasteiger partial charge in [-0.2, -0.15) is 0 Å². The Labute approximate surface area is 115 Å². The van der Waals surface area contributed by atoms with Crippen LogP contribution in [0.3, 0.4) is 0 Å². The van der Waals surface area contributed by atoms with E-state index in [0.717, 1.165) is 19.6 Å². The molecule has 1 aliphatic rings. The van der Waals surface area contributed by atoms with Crippen molar-refractivity contribution in [3.05, 3.63) is 29.3 Å². The van der Waals surface area contributed by atoms with Crippen LogP contribution in [0.4, 0.5) is 5.69 Å². The molecule has 0 saturated carbocycles. The number of aryl methyl sites for hydroxylation is 1. The van der Waals surface area contributed by atoms with Crippen molar-refractivity contribution in [1.29, 1.82) is 0 Å². The smallest absolute Gasteiger partial charge is 0.221 e. The van der Waals surface area contributed by atoms with Crippen LogP contribution < -0.4 is 15.5 Å². The average Bonchev–Trinajstić information content (AvgIpc) is 2.43. The van der Waals surface area contributed by atoms with E-state index in [-0.39, 0.29) is 5.91 Å². The summed E-state index contributed by atoms with van der Waals surface area (Å²) in [6.07, 6.45) is 2.94. The monoisotopic (exact) mass is 261 g/mol. The Kier molecular flexibility index (Phi) is 4.80. The highest BCUT2D eigenvalue weighted by atomic mass is 16.1. The first-order valence-corrected chi connectivity index (χ1v) is 6.95. The van der Waals surface area contributed by atoms with Crippen molar-refractivity contribution in [3.8, 4) is 0 Å². The third-order valence-corrected chi connectivity index (χ3v) is 3.63. The van der Waals surface area contributed by atoms with Gasteiger partial charge in [-0.15, -0.1) is 0 Å². The van der Waals surface area contributed by atoms with E-state index in [1.54, 1.807) is 7.05 Å². The molecule has 104 valence electrons. The molecule has 1 aliphatic heterocycles. The summed E-state index contributed by atoms with van der Waals surface area (Å²) in [5.41, 5.74) is 4.10. The number of carbonyl (C=O) groups is 1. The fourth-order valence-electron chi connectivity index (χ4n) is 2.51. The van der Waals surface area contributed by atoms with Gasteiger partial charge in [0, 0.05) is 45.8 Å². The second-order valence-corrected chi connectivity index (χ2v) is 5.09. The molecule has 1 heterocycles. The van der Waals surface area contributed by atoms with E-state index < -0.39 is 0 Å². The molecule has 1 aromatic rings. The first kappa shape index (κ1) is 13.9. The average molecular weight is 261 g/mol. The molecule has 0 radical (unpaired) electrons. The summed E-state index contributed by atoms with van der Waals surface area (Å²) in [6.45, 7) is 2.70. The maximum atomic E-state index is 11.1. The van der Waals surface area contributed by atoms with E-state index >= 15 is 0 Å². The lowest BCUT2D eigenvalue weighted by Gasteiger charge is -2.27. The van der Waals surface area contributed by atoms with Crippen molar-refractivity contribution < 1.29 is 4.79 Å². The summed E-state index contributed by atoms with van der Waals surface area (Å²) in [4.78, 5) is 13.4. The maximum absolute atomic E-state index is 11.1. The lowest BCUT2D eigenvalue weighted by molar-refractivity contribution is -0.120. The Morgan fingerprint density at radius 2 is 2.26 bits per heavy atom. The molecule has 0 atom stereocenters. The number of hydrogen-bond acceptors (Lipinski definition) is 3. The second-order valence-electron chi connectivity index (χ2n) is 5.09. The number of hydrogen-bond donors (Lipinski definition) is 2. The lowest BCUT2D eigenvalue weighted by atomic mass is 9.99. The predicted octanol–water partition coefficient (Wildman–Crippen LogP) is 1.29. The lowest BCUT2D eigenvalue weighted by Crippen LogP contribution is -2.26. The largest absolute Gasteiger partial charge is 0.374 e. The molecule has 0 bridgehead atoms. The zero-order chi connectivity index (χ0) is 13.7. The van der Waals surface area contributed by atoms with Crippen LogP contribution in [0.25, 0.3) is 0 Å². The molecule has 2 rings (SSSR count). The molecular formula is C15H23N3O. The minimum Gasteiger partial charge on any atom is -0.374 e. The summed E-state index contributed by atoms with van der Waals surface area (Å²) in [6, 6.07) is 6.68. The Morgan fingerprint density at radius 3 is 3.05 bits per heavy atom. The highest BCUT2D eigenvalue weighted by molar-refractivity contribution is 5.75. The first-order chi connectivity index (χ1) is 9.20. The summed E-state index contributed by atoms with van der Waals surface area (Å²) in [7, 11) is 3.82. The van der Waals surface area contributed by atoms with Crippen molar-refractivity contribution in [1.82, 2.24) is 10.6 Å². The third-order valence-electron chi connectivity index (χ3n) is 3.63. The van der Waals surface area contributed by atoms with Crippen LogP contribution in [-0.2, 0) is 17.8 Å². The normalized spacial score (nSPS) is 14.1. The number of fused-ring (bicyclic) bond motifs is 1. The van der Waals surface area contributed by atoms with Gasteiger partial charge in [0.1, 0.15) is 0 Å². The number of anilines is 1. The van der Waals surface area contributed by atoms with Gasteiger partial charge in [0.2, 0.25) is 5.91 Å². The number of amides is 1. The Morgan fingerprint density at radius 1 is 1.42 bits per heavy atom. The van der Waals surface area contributed by atoms with Gasteiger partial charge in [0.05, 0.1) is 0 Å². The van der Waals surface area contributed by atoms with Crippen LogP contribution >= 0.6 is 0 Å². The Balaban J connectivity index is 1.86. The van der Waals surface area contributed by atoms with E-state index in [0.29, 0.717) is 6.42 Å². The molecule has 19 heavy (non-hydrogen) atoms. The first-order valence-electron chi connectivity index (χ1n) is 6.95. The number of nitrogens with zero attached hydrogens (tertiary/aromatic N) is 1. The van der Waals surface area contributed by atoms with Gasteiger partial charge >= 0.3 is 0 Å². The third kappa shape index (κ3) is 3.70. The molecule has 0 aliphatic carbocycles. The minimum atomic E-state index is 0.0829. The number of carbonyl (C=O) groups excluding carboxylic acids is 1. The quantitative estimate of drug-likeness (QED) is 0.785. The van der Waals surface area contributed by atoms with E-state index in [2.05, 4.69) is 40.8 Å². The topological polar surface area (TPSA) is 44.4 Å². The zero-order valence-corrected chi connectivity index (χ0v) is 11.8. The molecule has 0 fully saturated rings. The molecule has 2 N–H and O–H groups in total. The van der Waals surface area contributed by atoms with Gasteiger partial charge in [-0.25, -0.2) is 0 Å². The van der Waals surface area contributed by atoms with Crippen molar-refractivity contribution in [2.24, 2.45) is 0 Å². The van der Waals surface area contributed by atoms with Gasteiger partial charge in [-0.05, 0) is 30.0 Å². The molecule has 0 unspecified atom stereocenters. The van der Waals surface area contributed by atoms with E-state index in [9.17, 15) is 4.79 Å². The second kappa shape index (κ2) is 6.57. The van der Waals surface area contributed by atoms with Crippen LogP contribution in [-0.4, -0.2) is 33.1 Å². The molecule has 0 spiro atoms. The van der Waals surface area contributed by atoms with Gasteiger partial charge in [-0.1, -0.05) is 12.1 Å². The zero-order valence-electron chi connectivity index (χ0n) is 11.8. The fraction of sp³-hybridized carbons (Fsp3) is 0.533. The maximum Gasteiger partial charge on any atom is 0.221 e. The molecule has 4 heteroatoms. The van der Waals surface area contributed by atoms with E-state index in [4.69, 9.17) is 0 Å². The summed E-state index contributed by atoms with van der Waals surface area (Å²) in [5, 5.41) is 5.94. The van der Waals surface area contributed by atoms with Crippen LogP contribution in [0.2, 0.25) is 0 Å². The number of benzene rings is 1. The molecule has 1 amide bonds. The van der Waals surface area contributed by atoms with Gasteiger partial charge < -0.3 is 15.5 Å². The van der Waals surface area contributed by atoms with Crippen molar-refractivity contribution >= 4 is 11.6 Å². The van der Waals surface area contributed by atoms with Gasteiger partial charge in [0.25, 0.3) is 0 Å². The van der Waals surface area contributed by atoms with Crippen LogP contribution in [0.5, 0.6) is 0 Å². The van der Waals surface area contributed by atoms with E-state index in [1.165, 1.54) is 29.7 Å². The van der Waals surface area contributed by atoms with Crippen LogP contribution in [0, 0.1) is 0 Å². The van der Waals surface area contributed by atoms with Gasteiger partial charge in [0.15, 0.2) is 0 Å². The molecule has 0 saturated heterocycles. The molecule has 4 nitrogen and oxygen atoms in total. The van der Waals surface area contributed by atoms with Crippen molar-refractivity contribution in [3.63, 3.8) is 0 Å². The van der Waals surface area contributed by atoms with E-state index in [1.807, 2.05) is 0 Å². The predicted molar refractivity (Wildman–Crippen MR) is 78.4 cm³/mol. The number of nitrogens with one attached hydrogen (secondary N) is 2. The van der Waals surface area contributed by atoms with Crippen molar-refractivity contribution in [2.75, 3.05) is 32.1 Å². The number of rotatable bonds is 5. The standard InChI is InChI=1S/C15H23N3O/c1-16-15(19)7-8-17-11-12-5-6-14-13(10-12)4-3-9-18(14)2/h5-6,10,17H,3-4,7-9,11H2,1-2H3,(H,16,19). The molecule has 1 aromatic carbocycles. The van der Waals surface area contributed by atoms with Crippen LogP contribution in [0.1, 0.15) is 24.0 Å². The fourth-order valence-corrected chi connectivity index (χ4v) is 2.51. The Hall–Kier alpha value is -1.55.